The second-order valence-electron chi connectivity index (χ2n) is 7.52. The molecule has 0 aliphatic rings. The first kappa shape index (κ1) is 22.5. The number of aromatic nitrogens is 1. The Morgan fingerprint density at radius 1 is 1.03 bits per heavy atom. The zero-order valence-electron chi connectivity index (χ0n) is 17.5. The lowest BCUT2D eigenvalue weighted by molar-refractivity contribution is 0.102. The number of rotatable bonds is 5. The molecule has 0 saturated carbocycles. The normalized spacial score (nSPS) is 11.2. The number of anilines is 1. The predicted octanol–water partition coefficient (Wildman–Crippen LogP) is 7.84. The quantitative estimate of drug-likeness (QED) is 0.310. The van der Waals surface area contributed by atoms with Gasteiger partial charge in [-0.15, -0.1) is 0 Å². The number of carbonyl (C=O) groups is 1. The summed E-state index contributed by atoms with van der Waals surface area (Å²) in [7, 11) is 1.43. The number of benzene rings is 3. The fourth-order valence-electron chi connectivity index (χ4n) is 3.31. The number of hydrogen-bond donors (Lipinski definition) is 1. The summed E-state index contributed by atoms with van der Waals surface area (Å²) in [6.45, 7) is 4.25. The van der Waals surface area contributed by atoms with Crippen molar-refractivity contribution in [2.75, 3.05) is 12.4 Å². The van der Waals surface area contributed by atoms with E-state index >= 15 is 0 Å². The van der Waals surface area contributed by atoms with E-state index in [4.69, 9.17) is 44.0 Å². The lowest BCUT2D eigenvalue weighted by Crippen LogP contribution is -2.14. The van der Waals surface area contributed by atoms with Gasteiger partial charge in [0.1, 0.15) is 11.3 Å². The molecular formula is C24H19Cl3N2O3. The highest BCUT2D eigenvalue weighted by Gasteiger charge is 2.19. The SMILES string of the molecule is COc1c(Cl)cc(Cl)cc1C(=O)Nc1cc(-c2nc3cc(C(C)C)ccc3o2)ccc1Cl. The molecule has 1 amide bonds. The Kier molecular flexibility index (Phi) is 6.33. The van der Waals surface area contributed by atoms with Gasteiger partial charge in [0.15, 0.2) is 5.58 Å². The van der Waals surface area contributed by atoms with Crippen LogP contribution in [0.2, 0.25) is 15.1 Å². The number of hydrogen-bond acceptors (Lipinski definition) is 4. The topological polar surface area (TPSA) is 64.4 Å². The number of carbonyl (C=O) groups excluding carboxylic acids is 1. The Morgan fingerprint density at radius 2 is 1.81 bits per heavy atom. The molecule has 0 saturated heterocycles. The van der Waals surface area contributed by atoms with Crippen LogP contribution in [0.3, 0.4) is 0 Å². The van der Waals surface area contributed by atoms with Gasteiger partial charge in [0.2, 0.25) is 5.89 Å². The molecule has 0 aliphatic heterocycles. The Morgan fingerprint density at radius 3 is 2.53 bits per heavy atom. The van der Waals surface area contributed by atoms with E-state index in [0.29, 0.717) is 38.7 Å². The number of oxazole rings is 1. The first-order valence-electron chi connectivity index (χ1n) is 9.81. The van der Waals surface area contributed by atoms with Gasteiger partial charge in [0.05, 0.1) is 28.4 Å². The van der Waals surface area contributed by atoms with E-state index in [1.165, 1.54) is 24.8 Å². The summed E-state index contributed by atoms with van der Waals surface area (Å²) >= 11 is 18.6. The molecular weight excluding hydrogens is 471 g/mol. The number of amides is 1. The molecule has 0 spiro atoms. The van der Waals surface area contributed by atoms with Crippen molar-refractivity contribution in [3.63, 3.8) is 0 Å². The van der Waals surface area contributed by atoms with Crippen LogP contribution in [0.15, 0.2) is 52.9 Å². The van der Waals surface area contributed by atoms with Crippen LogP contribution in [-0.4, -0.2) is 18.0 Å². The van der Waals surface area contributed by atoms with Crippen LogP contribution < -0.4 is 10.1 Å². The summed E-state index contributed by atoms with van der Waals surface area (Å²) in [5.41, 5.74) is 3.87. The molecule has 3 aromatic carbocycles. The molecule has 164 valence electrons. The summed E-state index contributed by atoms with van der Waals surface area (Å²) in [5, 5.41) is 3.69. The van der Waals surface area contributed by atoms with Crippen LogP contribution in [0.4, 0.5) is 5.69 Å². The third kappa shape index (κ3) is 4.42. The summed E-state index contributed by atoms with van der Waals surface area (Å²) in [6, 6.07) is 14.1. The van der Waals surface area contributed by atoms with Crippen LogP contribution in [0.25, 0.3) is 22.6 Å². The highest BCUT2D eigenvalue weighted by Crippen LogP contribution is 2.35. The van der Waals surface area contributed by atoms with Crippen LogP contribution in [-0.2, 0) is 0 Å². The van der Waals surface area contributed by atoms with Gasteiger partial charge < -0.3 is 14.5 Å². The van der Waals surface area contributed by atoms with Gasteiger partial charge in [-0.25, -0.2) is 4.98 Å². The number of halogens is 3. The fraction of sp³-hybridized carbons (Fsp3) is 0.167. The third-order valence-corrected chi connectivity index (χ3v) is 5.83. The summed E-state index contributed by atoms with van der Waals surface area (Å²) < 4.78 is 11.2. The molecule has 0 atom stereocenters. The minimum absolute atomic E-state index is 0.189. The highest BCUT2D eigenvalue weighted by atomic mass is 35.5. The minimum atomic E-state index is -0.468. The van der Waals surface area contributed by atoms with Gasteiger partial charge in [-0.3, -0.25) is 4.79 Å². The maximum Gasteiger partial charge on any atom is 0.259 e. The highest BCUT2D eigenvalue weighted by molar-refractivity contribution is 6.37. The van der Waals surface area contributed by atoms with E-state index in [0.717, 1.165) is 5.52 Å². The zero-order valence-corrected chi connectivity index (χ0v) is 19.8. The second kappa shape index (κ2) is 9.02. The smallest absolute Gasteiger partial charge is 0.259 e. The minimum Gasteiger partial charge on any atom is -0.494 e. The Bertz CT molecular complexity index is 1330. The fourth-order valence-corrected chi connectivity index (χ4v) is 4.04. The summed E-state index contributed by atoms with van der Waals surface area (Å²) in [5.74, 6) is 0.565. The van der Waals surface area contributed by atoms with Crippen molar-refractivity contribution in [3.05, 3.63) is 74.7 Å². The Labute approximate surface area is 200 Å². The van der Waals surface area contributed by atoms with Gasteiger partial charge in [-0.05, 0) is 53.9 Å². The standard InChI is InChI=1S/C24H19Cl3N2O3/c1-12(2)13-5-7-21-20(8-13)29-24(32-21)14-4-6-17(26)19(9-14)28-23(30)16-10-15(25)11-18(27)22(16)31-3/h4-12H,1-3H3,(H,28,30). The van der Waals surface area contributed by atoms with Crippen molar-refractivity contribution < 1.29 is 13.9 Å². The maximum absolute atomic E-state index is 12.9. The zero-order chi connectivity index (χ0) is 23.0. The van der Waals surface area contributed by atoms with Crippen LogP contribution in [0.1, 0.15) is 35.7 Å². The van der Waals surface area contributed by atoms with E-state index in [1.807, 2.05) is 18.2 Å². The molecule has 0 unspecified atom stereocenters. The molecule has 0 fully saturated rings. The third-order valence-electron chi connectivity index (χ3n) is 5.00. The molecule has 1 N–H and O–H groups in total. The molecule has 4 rings (SSSR count). The van der Waals surface area contributed by atoms with E-state index < -0.39 is 5.91 Å². The predicted molar refractivity (Wildman–Crippen MR) is 130 cm³/mol. The largest absolute Gasteiger partial charge is 0.494 e. The molecule has 8 heteroatoms. The van der Waals surface area contributed by atoms with Gasteiger partial charge >= 0.3 is 0 Å². The lowest BCUT2D eigenvalue weighted by Gasteiger charge is -2.12. The molecule has 1 heterocycles. The van der Waals surface area contributed by atoms with Gasteiger partial charge in [0.25, 0.3) is 5.91 Å². The van der Waals surface area contributed by atoms with Crippen LogP contribution in [0, 0.1) is 0 Å². The average molecular weight is 490 g/mol. The summed E-state index contributed by atoms with van der Waals surface area (Å²) in [6.07, 6.45) is 0. The van der Waals surface area contributed by atoms with Crippen LogP contribution >= 0.6 is 34.8 Å². The van der Waals surface area contributed by atoms with Gasteiger partial charge in [-0.1, -0.05) is 54.7 Å². The van der Waals surface area contributed by atoms with Crippen molar-refractivity contribution in [2.45, 2.75) is 19.8 Å². The van der Waals surface area contributed by atoms with E-state index in [-0.39, 0.29) is 16.3 Å². The number of ether oxygens (including phenoxy) is 1. The number of methoxy groups -OCH3 is 1. The monoisotopic (exact) mass is 488 g/mol. The van der Waals surface area contributed by atoms with E-state index in [1.54, 1.807) is 18.2 Å². The van der Waals surface area contributed by atoms with Crippen molar-refractivity contribution in [2.24, 2.45) is 0 Å². The first-order valence-corrected chi connectivity index (χ1v) is 10.9. The molecule has 0 radical (unpaired) electrons. The molecule has 5 nitrogen and oxygen atoms in total. The van der Waals surface area contributed by atoms with E-state index in [2.05, 4.69) is 24.1 Å². The Hall–Kier alpha value is -2.73. The molecule has 32 heavy (non-hydrogen) atoms. The van der Waals surface area contributed by atoms with Gasteiger partial charge in [0, 0.05) is 10.6 Å². The number of nitrogens with one attached hydrogen (secondary N) is 1. The number of nitrogens with zero attached hydrogens (tertiary/aromatic N) is 1. The molecule has 1 aromatic heterocycles. The first-order chi connectivity index (χ1) is 15.3. The molecule has 4 aromatic rings. The Balaban J connectivity index is 1.68. The van der Waals surface area contributed by atoms with Crippen molar-refractivity contribution >= 4 is 57.5 Å². The average Bonchev–Trinajstić information content (AvgIpc) is 3.18. The molecule has 0 bridgehead atoms. The van der Waals surface area contributed by atoms with Crippen molar-refractivity contribution in [1.29, 1.82) is 0 Å². The molecule has 0 aliphatic carbocycles. The lowest BCUT2D eigenvalue weighted by atomic mass is 10.0. The maximum atomic E-state index is 12.9. The van der Waals surface area contributed by atoms with Crippen LogP contribution in [0.5, 0.6) is 5.75 Å². The number of fused-ring (bicyclic) bond motifs is 1. The summed E-state index contributed by atoms with van der Waals surface area (Å²) in [4.78, 5) is 17.5. The van der Waals surface area contributed by atoms with Crippen molar-refractivity contribution in [1.82, 2.24) is 4.98 Å². The second-order valence-corrected chi connectivity index (χ2v) is 8.77. The van der Waals surface area contributed by atoms with E-state index in [9.17, 15) is 4.79 Å². The van der Waals surface area contributed by atoms with Crippen molar-refractivity contribution in [3.8, 4) is 17.2 Å². The van der Waals surface area contributed by atoms with Gasteiger partial charge in [-0.2, -0.15) is 0 Å².